The molecular weight excluding hydrogens is 396 g/mol. The quantitative estimate of drug-likeness (QED) is 0.585. The van der Waals surface area contributed by atoms with Gasteiger partial charge < -0.3 is 4.90 Å². The van der Waals surface area contributed by atoms with E-state index < -0.39 is 5.41 Å². The second-order valence-corrected chi connectivity index (χ2v) is 9.24. The fourth-order valence-corrected chi connectivity index (χ4v) is 5.06. The molecule has 2 heterocycles. The second-order valence-electron chi connectivity index (χ2n) is 9.24. The summed E-state index contributed by atoms with van der Waals surface area (Å²) in [6.07, 6.45) is 7.86. The number of benzene rings is 2. The van der Waals surface area contributed by atoms with Gasteiger partial charge in [-0.3, -0.25) is 9.69 Å². The smallest absolute Gasteiger partial charge is 0.229 e. The maximum Gasteiger partial charge on any atom is 0.229 e. The van der Waals surface area contributed by atoms with Gasteiger partial charge in [-0.25, -0.2) is 9.97 Å². The largest absolute Gasteiger partial charge is 0.348 e. The molecule has 1 unspecified atom stereocenters. The van der Waals surface area contributed by atoms with Gasteiger partial charge in [0.2, 0.25) is 5.91 Å². The van der Waals surface area contributed by atoms with Gasteiger partial charge in [0, 0.05) is 45.1 Å². The molecule has 1 amide bonds. The first-order valence-electron chi connectivity index (χ1n) is 11.3. The summed E-state index contributed by atoms with van der Waals surface area (Å²) in [5.41, 5.74) is 5.40. The van der Waals surface area contributed by atoms with Gasteiger partial charge in [0.1, 0.15) is 6.33 Å². The maximum absolute atomic E-state index is 13.6. The normalized spacial score (nSPS) is 19.0. The van der Waals surface area contributed by atoms with Crippen LogP contribution in [0.25, 0.3) is 11.1 Å². The summed E-state index contributed by atoms with van der Waals surface area (Å²) in [6, 6.07) is 17.0. The van der Waals surface area contributed by atoms with E-state index in [4.69, 9.17) is 0 Å². The Balaban J connectivity index is 1.65. The number of hydrogen-bond acceptors (Lipinski definition) is 4. The Labute approximate surface area is 191 Å². The Bertz CT molecular complexity index is 1070. The van der Waals surface area contributed by atoms with Crippen molar-refractivity contribution < 1.29 is 4.79 Å². The standard InChI is InChI=1S/C27H32N4O/c1-21-8-6-9-22(14-21)18-31-13-7-12-27(19-31,26(32)30(2)3)15-23-10-4-5-11-25(23)24-16-28-20-29-17-24/h4-6,8-11,14,16-17,20H,7,12-13,15,18-19H2,1-3H3. The minimum absolute atomic E-state index is 0.213. The van der Waals surface area contributed by atoms with E-state index in [0.29, 0.717) is 6.42 Å². The molecule has 1 aliphatic heterocycles. The lowest BCUT2D eigenvalue weighted by molar-refractivity contribution is -0.143. The lowest BCUT2D eigenvalue weighted by Crippen LogP contribution is -2.52. The van der Waals surface area contributed by atoms with Crippen LogP contribution >= 0.6 is 0 Å². The third-order valence-electron chi connectivity index (χ3n) is 6.42. The van der Waals surface area contributed by atoms with Crippen LogP contribution in [-0.2, 0) is 17.8 Å². The fourth-order valence-electron chi connectivity index (χ4n) is 5.06. The average Bonchev–Trinajstić information content (AvgIpc) is 2.80. The van der Waals surface area contributed by atoms with Gasteiger partial charge in [0.15, 0.2) is 0 Å². The van der Waals surface area contributed by atoms with Crippen LogP contribution in [0.5, 0.6) is 0 Å². The van der Waals surface area contributed by atoms with E-state index in [9.17, 15) is 4.79 Å². The van der Waals surface area contributed by atoms with E-state index in [0.717, 1.165) is 43.6 Å². The van der Waals surface area contributed by atoms with Gasteiger partial charge in [-0.05, 0) is 49.4 Å². The van der Waals surface area contributed by atoms with E-state index in [1.165, 1.54) is 16.7 Å². The SMILES string of the molecule is Cc1cccc(CN2CCCC(Cc3ccccc3-c3cncnc3)(C(=O)N(C)C)C2)c1. The van der Waals surface area contributed by atoms with Gasteiger partial charge >= 0.3 is 0 Å². The lowest BCUT2D eigenvalue weighted by atomic mass is 9.73. The van der Waals surface area contributed by atoms with Crippen LogP contribution in [0, 0.1) is 12.3 Å². The van der Waals surface area contributed by atoms with E-state index in [-0.39, 0.29) is 5.91 Å². The maximum atomic E-state index is 13.6. The van der Waals surface area contributed by atoms with Gasteiger partial charge in [-0.2, -0.15) is 0 Å². The number of amides is 1. The summed E-state index contributed by atoms with van der Waals surface area (Å²) < 4.78 is 0. The highest BCUT2D eigenvalue weighted by molar-refractivity contribution is 5.83. The number of carbonyl (C=O) groups is 1. The van der Waals surface area contributed by atoms with Crippen molar-refractivity contribution in [3.05, 3.63) is 83.9 Å². The van der Waals surface area contributed by atoms with Crippen molar-refractivity contribution in [2.45, 2.75) is 32.7 Å². The highest BCUT2D eigenvalue weighted by Crippen LogP contribution is 2.38. The van der Waals surface area contributed by atoms with Crippen molar-refractivity contribution in [2.24, 2.45) is 5.41 Å². The van der Waals surface area contributed by atoms with Gasteiger partial charge in [-0.1, -0.05) is 54.1 Å². The van der Waals surface area contributed by atoms with Crippen molar-refractivity contribution >= 4 is 5.91 Å². The molecule has 1 fully saturated rings. The molecule has 0 spiro atoms. The zero-order chi connectivity index (χ0) is 22.6. The van der Waals surface area contributed by atoms with Crippen molar-refractivity contribution in [3.8, 4) is 11.1 Å². The number of nitrogens with zero attached hydrogens (tertiary/aromatic N) is 4. The Morgan fingerprint density at radius 1 is 1.09 bits per heavy atom. The summed E-state index contributed by atoms with van der Waals surface area (Å²) in [5.74, 6) is 0.213. The molecule has 2 aromatic carbocycles. The van der Waals surface area contributed by atoms with Crippen LogP contribution in [0.15, 0.2) is 67.3 Å². The fraction of sp³-hybridized carbons (Fsp3) is 0.370. The van der Waals surface area contributed by atoms with Crippen LogP contribution < -0.4 is 0 Å². The van der Waals surface area contributed by atoms with E-state index in [2.05, 4.69) is 64.3 Å². The monoisotopic (exact) mass is 428 g/mol. The zero-order valence-electron chi connectivity index (χ0n) is 19.3. The number of carbonyl (C=O) groups excluding carboxylic acids is 1. The molecule has 1 aliphatic rings. The summed E-state index contributed by atoms with van der Waals surface area (Å²) in [7, 11) is 3.75. The highest BCUT2D eigenvalue weighted by atomic mass is 16.2. The van der Waals surface area contributed by atoms with Crippen molar-refractivity contribution in [3.63, 3.8) is 0 Å². The van der Waals surface area contributed by atoms with Crippen molar-refractivity contribution in [1.82, 2.24) is 19.8 Å². The van der Waals surface area contributed by atoms with Gasteiger partial charge in [-0.15, -0.1) is 0 Å². The summed E-state index contributed by atoms with van der Waals surface area (Å²) in [4.78, 5) is 26.2. The van der Waals surface area contributed by atoms with Crippen LogP contribution in [0.2, 0.25) is 0 Å². The molecule has 0 saturated carbocycles. The molecule has 1 aromatic heterocycles. The Hall–Kier alpha value is -3.05. The molecule has 32 heavy (non-hydrogen) atoms. The third-order valence-corrected chi connectivity index (χ3v) is 6.42. The third kappa shape index (κ3) is 4.89. The molecule has 1 saturated heterocycles. The number of aryl methyl sites for hydroxylation is 1. The van der Waals surface area contributed by atoms with E-state index in [1.807, 2.05) is 32.6 Å². The molecule has 1 atom stereocenters. The number of piperidine rings is 1. The number of likely N-dealkylation sites (tertiary alicyclic amines) is 1. The number of aromatic nitrogens is 2. The highest BCUT2D eigenvalue weighted by Gasteiger charge is 2.43. The van der Waals surface area contributed by atoms with Crippen molar-refractivity contribution in [1.29, 1.82) is 0 Å². The number of hydrogen-bond donors (Lipinski definition) is 0. The Morgan fingerprint density at radius 3 is 2.62 bits per heavy atom. The van der Waals surface area contributed by atoms with E-state index in [1.54, 1.807) is 11.2 Å². The molecule has 5 heteroatoms. The number of rotatable bonds is 6. The first-order valence-corrected chi connectivity index (χ1v) is 11.3. The molecule has 0 N–H and O–H groups in total. The Morgan fingerprint density at radius 2 is 1.88 bits per heavy atom. The summed E-state index contributed by atoms with van der Waals surface area (Å²) in [6.45, 7) is 4.78. The molecule has 5 nitrogen and oxygen atoms in total. The van der Waals surface area contributed by atoms with E-state index >= 15 is 0 Å². The van der Waals surface area contributed by atoms with Crippen LogP contribution in [0.3, 0.4) is 0 Å². The topological polar surface area (TPSA) is 49.3 Å². The van der Waals surface area contributed by atoms with Gasteiger partial charge in [0.05, 0.1) is 5.41 Å². The average molecular weight is 429 g/mol. The molecule has 0 bridgehead atoms. The predicted octanol–water partition coefficient (Wildman–Crippen LogP) is 4.37. The predicted molar refractivity (Wildman–Crippen MR) is 128 cm³/mol. The summed E-state index contributed by atoms with van der Waals surface area (Å²) in [5, 5.41) is 0. The minimum atomic E-state index is -0.447. The molecular formula is C27H32N4O. The molecule has 3 aromatic rings. The Kier molecular flexibility index (Phi) is 6.66. The van der Waals surface area contributed by atoms with Crippen molar-refractivity contribution in [2.75, 3.05) is 27.2 Å². The lowest BCUT2D eigenvalue weighted by Gasteiger charge is -2.43. The first-order chi connectivity index (χ1) is 15.5. The van der Waals surface area contributed by atoms with Crippen LogP contribution in [-0.4, -0.2) is 52.9 Å². The minimum Gasteiger partial charge on any atom is -0.348 e. The summed E-state index contributed by atoms with van der Waals surface area (Å²) >= 11 is 0. The van der Waals surface area contributed by atoms with Crippen LogP contribution in [0.1, 0.15) is 29.5 Å². The first kappa shape index (κ1) is 22.2. The second kappa shape index (κ2) is 9.61. The van der Waals surface area contributed by atoms with Crippen LogP contribution in [0.4, 0.5) is 0 Å². The zero-order valence-corrected chi connectivity index (χ0v) is 19.3. The molecule has 0 aliphatic carbocycles. The molecule has 4 rings (SSSR count). The molecule has 166 valence electrons. The molecule has 0 radical (unpaired) electrons. The van der Waals surface area contributed by atoms with Gasteiger partial charge in [0.25, 0.3) is 0 Å².